The summed E-state index contributed by atoms with van der Waals surface area (Å²) in [6, 6.07) is 14.9. The molecule has 1 aromatic carbocycles. The molecule has 0 N–H and O–H groups in total. The van der Waals surface area contributed by atoms with Gasteiger partial charge in [0, 0.05) is 25.0 Å². The van der Waals surface area contributed by atoms with Crippen LogP contribution in [0.15, 0.2) is 60.9 Å². The average Bonchev–Trinajstić information content (AvgIpc) is 2.62. The summed E-state index contributed by atoms with van der Waals surface area (Å²) in [6.45, 7) is 0. The van der Waals surface area contributed by atoms with E-state index in [1.165, 1.54) is 17.3 Å². The molecule has 0 bridgehead atoms. The zero-order valence-corrected chi connectivity index (χ0v) is 13.1. The Labute approximate surface area is 138 Å². The molecule has 1 amide bonds. The number of halogens is 1. The summed E-state index contributed by atoms with van der Waals surface area (Å²) in [6.07, 6.45) is 2.96. The van der Waals surface area contributed by atoms with Gasteiger partial charge >= 0.3 is 0 Å². The lowest BCUT2D eigenvalue weighted by Crippen LogP contribution is -2.27. The van der Waals surface area contributed by atoms with Crippen LogP contribution in [0.2, 0.25) is 5.02 Å². The van der Waals surface area contributed by atoms with Crippen molar-refractivity contribution >= 4 is 23.3 Å². The lowest BCUT2D eigenvalue weighted by atomic mass is 10.1. The van der Waals surface area contributed by atoms with Gasteiger partial charge in [-0.05, 0) is 18.2 Å². The highest BCUT2D eigenvalue weighted by molar-refractivity contribution is 6.34. The van der Waals surface area contributed by atoms with Crippen LogP contribution in [0.3, 0.4) is 0 Å². The number of rotatable bonds is 3. The second-order valence-corrected chi connectivity index (χ2v) is 5.27. The predicted octanol–water partition coefficient (Wildman–Crippen LogP) is 3.47. The third kappa shape index (κ3) is 3.19. The Morgan fingerprint density at radius 2 is 1.83 bits per heavy atom. The van der Waals surface area contributed by atoms with E-state index in [-0.39, 0.29) is 5.91 Å². The molecule has 2 aromatic heterocycles. The van der Waals surface area contributed by atoms with Crippen molar-refractivity contribution in [3.05, 3.63) is 71.5 Å². The molecule has 2 heterocycles. The highest BCUT2D eigenvalue weighted by atomic mass is 35.5. The number of benzene rings is 1. The smallest absolute Gasteiger partial charge is 0.260 e. The number of carbonyl (C=O) groups is 1. The zero-order chi connectivity index (χ0) is 16.2. The molecule has 0 aliphatic carbocycles. The zero-order valence-electron chi connectivity index (χ0n) is 12.3. The van der Waals surface area contributed by atoms with Crippen molar-refractivity contribution in [3.63, 3.8) is 0 Å². The third-order valence-corrected chi connectivity index (χ3v) is 3.67. The van der Waals surface area contributed by atoms with Crippen molar-refractivity contribution in [2.45, 2.75) is 0 Å². The molecule has 3 rings (SSSR count). The normalized spacial score (nSPS) is 10.3. The van der Waals surface area contributed by atoms with Gasteiger partial charge in [0.25, 0.3) is 5.91 Å². The SMILES string of the molecule is CN(C(=O)c1ccncc1Cl)c1ccc(-c2ccccc2)nn1. The maximum absolute atomic E-state index is 12.5. The number of carbonyl (C=O) groups excluding carboxylic acids is 1. The van der Waals surface area contributed by atoms with Gasteiger partial charge in [0.1, 0.15) is 0 Å². The first kappa shape index (κ1) is 15.1. The van der Waals surface area contributed by atoms with Crippen LogP contribution in [0.25, 0.3) is 11.3 Å². The quantitative estimate of drug-likeness (QED) is 0.740. The van der Waals surface area contributed by atoms with Crippen molar-refractivity contribution in [1.29, 1.82) is 0 Å². The average molecular weight is 325 g/mol. The van der Waals surface area contributed by atoms with Crippen molar-refractivity contribution < 1.29 is 4.79 Å². The van der Waals surface area contributed by atoms with E-state index in [4.69, 9.17) is 11.6 Å². The van der Waals surface area contributed by atoms with Crippen LogP contribution < -0.4 is 4.90 Å². The van der Waals surface area contributed by atoms with E-state index in [1.54, 1.807) is 19.2 Å². The third-order valence-electron chi connectivity index (χ3n) is 3.37. The Bertz CT molecular complexity index is 822. The summed E-state index contributed by atoms with van der Waals surface area (Å²) in [7, 11) is 1.63. The molecule has 0 atom stereocenters. The summed E-state index contributed by atoms with van der Waals surface area (Å²) in [4.78, 5) is 17.7. The molecule has 0 saturated carbocycles. The van der Waals surface area contributed by atoms with Crippen molar-refractivity contribution in [2.24, 2.45) is 0 Å². The summed E-state index contributed by atoms with van der Waals surface area (Å²) < 4.78 is 0. The molecule has 3 aromatic rings. The van der Waals surface area contributed by atoms with Gasteiger partial charge in [-0.25, -0.2) is 0 Å². The maximum atomic E-state index is 12.5. The van der Waals surface area contributed by atoms with Crippen LogP contribution in [0, 0.1) is 0 Å². The number of hydrogen-bond acceptors (Lipinski definition) is 4. The van der Waals surface area contributed by atoms with Crippen LogP contribution >= 0.6 is 11.6 Å². The molecule has 5 nitrogen and oxygen atoms in total. The first-order valence-electron chi connectivity index (χ1n) is 6.93. The largest absolute Gasteiger partial charge is 0.294 e. The van der Waals surface area contributed by atoms with E-state index < -0.39 is 0 Å². The molecule has 0 fully saturated rings. The number of hydrogen-bond donors (Lipinski definition) is 0. The first-order chi connectivity index (χ1) is 11.2. The number of nitrogens with zero attached hydrogens (tertiary/aromatic N) is 4. The van der Waals surface area contributed by atoms with Gasteiger partial charge < -0.3 is 0 Å². The molecule has 114 valence electrons. The van der Waals surface area contributed by atoms with Crippen LogP contribution in [0.1, 0.15) is 10.4 Å². The molecular formula is C17H13ClN4O. The molecule has 0 spiro atoms. The first-order valence-corrected chi connectivity index (χ1v) is 7.31. The van der Waals surface area contributed by atoms with E-state index >= 15 is 0 Å². The van der Waals surface area contributed by atoms with E-state index in [9.17, 15) is 4.79 Å². The number of pyridine rings is 1. The Balaban J connectivity index is 1.85. The van der Waals surface area contributed by atoms with Gasteiger partial charge in [-0.3, -0.25) is 14.7 Å². The molecule has 0 radical (unpaired) electrons. The lowest BCUT2D eigenvalue weighted by Gasteiger charge is -2.16. The van der Waals surface area contributed by atoms with Gasteiger partial charge in [-0.1, -0.05) is 41.9 Å². The highest BCUT2D eigenvalue weighted by Crippen LogP contribution is 2.20. The van der Waals surface area contributed by atoms with Crippen LogP contribution in [0.5, 0.6) is 0 Å². The van der Waals surface area contributed by atoms with Gasteiger partial charge in [-0.15, -0.1) is 10.2 Å². The van der Waals surface area contributed by atoms with Gasteiger partial charge in [-0.2, -0.15) is 0 Å². The minimum atomic E-state index is -0.265. The van der Waals surface area contributed by atoms with E-state index in [2.05, 4.69) is 15.2 Å². The Morgan fingerprint density at radius 1 is 1.04 bits per heavy atom. The summed E-state index contributed by atoms with van der Waals surface area (Å²) in [5.74, 6) is 0.182. The topological polar surface area (TPSA) is 59.0 Å². The maximum Gasteiger partial charge on any atom is 0.260 e. The van der Waals surface area contributed by atoms with Crippen molar-refractivity contribution in [1.82, 2.24) is 15.2 Å². The Hall–Kier alpha value is -2.79. The number of amides is 1. The van der Waals surface area contributed by atoms with Crippen LogP contribution in [-0.4, -0.2) is 28.1 Å². The Morgan fingerprint density at radius 3 is 2.48 bits per heavy atom. The van der Waals surface area contributed by atoms with E-state index in [0.29, 0.717) is 16.4 Å². The highest BCUT2D eigenvalue weighted by Gasteiger charge is 2.17. The summed E-state index contributed by atoms with van der Waals surface area (Å²) in [5.41, 5.74) is 2.09. The van der Waals surface area contributed by atoms with E-state index in [0.717, 1.165) is 11.3 Å². The fraction of sp³-hybridized carbons (Fsp3) is 0.0588. The monoisotopic (exact) mass is 324 g/mol. The van der Waals surface area contributed by atoms with Crippen molar-refractivity contribution in [3.8, 4) is 11.3 Å². The molecule has 6 heteroatoms. The molecule has 0 aliphatic rings. The van der Waals surface area contributed by atoms with Crippen LogP contribution in [0.4, 0.5) is 5.82 Å². The summed E-state index contributed by atoms with van der Waals surface area (Å²) >= 11 is 6.01. The van der Waals surface area contributed by atoms with Gasteiger partial charge in [0.2, 0.25) is 0 Å². The minimum Gasteiger partial charge on any atom is -0.294 e. The standard InChI is InChI=1S/C17H13ClN4O/c1-22(17(23)13-9-10-19-11-14(13)18)16-8-7-15(20-21-16)12-5-3-2-4-6-12/h2-11H,1H3. The minimum absolute atomic E-state index is 0.265. The molecule has 0 unspecified atom stereocenters. The molecule has 23 heavy (non-hydrogen) atoms. The fourth-order valence-electron chi connectivity index (χ4n) is 2.10. The van der Waals surface area contributed by atoms with Crippen molar-refractivity contribution in [2.75, 3.05) is 11.9 Å². The van der Waals surface area contributed by atoms with Gasteiger partial charge in [0.15, 0.2) is 5.82 Å². The fourth-order valence-corrected chi connectivity index (χ4v) is 2.30. The van der Waals surface area contributed by atoms with E-state index in [1.807, 2.05) is 36.4 Å². The second kappa shape index (κ2) is 6.54. The lowest BCUT2D eigenvalue weighted by molar-refractivity contribution is 0.0992. The molecule has 0 aliphatic heterocycles. The molecular weight excluding hydrogens is 312 g/mol. The van der Waals surface area contributed by atoms with Gasteiger partial charge in [0.05, 0.1) is 16.3 Å². The number of anilines is 1. The predicted molar refractivity (Wildman–Crippen MR) is 89.4 cm³/mol. The second-order valence-electron chi connectivity index (χ2n) is 4.86. The number of aromatic nitrogens is 3. The Kier molecular flexibility index (Phi) is 4.30. The van der Waals surface area contributed by atoms with Crippen LogP contribution in [-0.2, 0) is 0 Å². The summed E-state index contributed by atoms with van der Waals surface area (Å²) in [5, 5.41) is 8.61. The molecule has 0 saturated heterocycles.